The molecule has 0 radical (unpaired) electrons. The first-order valence-electron chi connectivity index (χ1n) is 6.09. The van der Waals surface area contributed by atoms with Crippen LogP contribution in [0.3, 0.4) is 0 Å². The Balaban J connectivity index is 1.95. The Morgan fingerprint density at radius 3 is 3.10 bits per heavy atom. The van der Waals surface area contributed by atoms with Crippen LogP contribution < -0.4 is 4.74 Å². The summed E-state index contributed by atoms with van der Waals surface area (Å²) in [6.45, 7) is 0.480. The summed E-state index contributed by atoms with van der Waals surface area (Å²) in [5.74, 6) is -0.171. The van der Waals surface area contributed by atoms with Crippen LogP contribution in [0, 0.1) is 0 Å². The molecule has 0 saturated carbocycles. The van der Waals surface area contributed by atoms with Gasteiger partial charge in [0.05, 0.1) is 12.0 Å². The van der Waals surface area contributed by atoms with Crippen LogP contribution in [0.1, 0.15) is 11.1 Å². The molecule has 5 nitrogen and oxygen atoms in total. The van der Waals surface area contributed by atoms with Gasteiger partial charge in [-0.1, -0.05) is 6.07 Å². The van der Waals surface area contributed by atoms with Crippen LogP contribution in [0.5, 0.6) is 5.75 Å². The van der Waals surface area contributed by atoms with E-state index in [1.165, 1.54) is 0 Å². The summed E-state index contributed by atoms with van der Waals surface area (Å²) in [5, 5.41) is 8.65. The number of benzene rings is 1. The lowest BCUT2D eigenvalue weighted by atomic mass is 10.1. The van der Waals surface area contributed by atoms with E-state index >= 15 is 0 Å². The number of fused-ring (bicyclic) bond motifs is 1. The molecule has 100 valence electrons. The average Bonchev–Trinajstić information content (AvgIpc) is 2.98. The number of nitrogens with zero attached hydrogens (tertiary/aromatic N) is 2. The van der Waals surface area contributed by atoms with Gasteiger partial charge in [-0.2, -0.15) is 0 Å². The third-order valence-electron chi connectivity index (χ3n) is 2.99. The van der Waals surface area contributed by atoms with Crippen molar-refractivity contribution in [3.05, 3.63) is 54.1 Å². The summed E-state index contributed by atoms with van der Waals surface area (Å²) in [6, 6.07) is 5.57. The molecular formula is C15H12N2O3. The van der Waals surface area contributed by atoms with Gasteiger partial charge in [-0.15, -0.1) is 0 Å². The Kier molecular flexibility index (Phi) is 3.09. The average molecular weight is 268 g/mol. The van der Waals surface area contributed by atoms with Crippen LogP contribution in [0.2, 0.25) is 0 Å². The number of aliphatic carboxylic acids is 1. The fourth-order valence-corrected chi connectivity index (χ4v) is 2.03. The van der Waals surface area contributed by atoms with Crippen molar-refractivity contribution in [3.63, 3.8) is 0 Å². The normalized spacial score (nSPS) is 13.7. The molecule has 0 amide bonds. The number of rotatable bonds is 3. The van der Waals surface area contributed by atoms with Crippen LogP contribution in [0.25, 0.3) is 17.8 Å². The zero-order valence-corrected chi connectivity index (χ0v) is 10.6. The largest absolute Gasteiger partial charge is 0.487 e. The first-order valence-corrected chi connectivity index (χ1v) is 6.09. The van der Waals surface area contributed by atoms with E-state index in [2.05, 4.69) is 4.98 Å². The monoisotopic (exact) mass is 268 g/mol. The molecule has 1 aliphatic rings. The van der Waals surface area contributed by atoms with E-state index in [-0.39, 0.29) is 0 Å². The number of ether oxygens (including phenoxy) is 1. The van der Waals surface area contributed by atoms with Gasteiger partial charge in [-0.3, -0.25) is 0 Å². The molecule has 5 heteroatoms. The zero-order valence-electron chi connectivity index (χ0n) is 10.6. The maximum Gasteiger partial charge on any atom is 0.328 e. The highest BCUT2D eigenvalue weighted by Gasteiger charge is 2.12. The summed E-state index contributed by atoms with van der Waals surface area (Å²) in [4.78, 5) is 14.5. The number of hydrogen-bond acceptors (Lipinski definition) is 3. The quantitative estimate of drug-likeness (QED) is 0.868. The Bertz CT molecular complexity index is 700. The van der Waals surface area contributed by atoms with Crippen LogP contribution in [-0.2, 0) is 4.79 Å². The smallest absolute Gasteiger partial charge is 0.328 e. The number of hydrogen-bond donors (Lipinski definition) is 1. The molecule has 3 rings (SSSR count). The first-order chi connectivity index (χ1) is 9.72. The lowest BCUT2D eigenvalue weighted by molar-refractivity contribution is -0.131. The van der Waals surface area contributed by atoms with Gasteiger partial charge in [0.25, 0.3) is 0 Å². The highest BCUT2D eigenvalue weighted by molar-refractivity contribution is 5.86. The van der Waals surface area contributed by atoms with Crippen LogP contribution in [-0.4, -0.2) is 27.2 Å². The van der Waals surface area contributed by atoms with Crippen molar-refractivity contribution in [2.75, 3.05) is 6.61 Å². The molecule has 1 aromatic heterocycles. The molecule has 0 spiro atoms. The van der Waals surface area contributed by atoms with Crippen LogP contribution in [0.4, 0.5) is 0 Å². The fraction of sp³-hybridized carbons (Fsp3) is 0.0667. The molecule has 0 saturated heterocycles. The standard InChI is InChI=1S/C15H12N2O3/c18-15(19)4-2-11-1-3-14-12(7-11)8-13(9-20-14)17-6-5-16-10-17/h1-8,10H,9H2,(H,18,19). The van der Waals surface area contributed by atoms with Crippen molar-refractivity contribution in [1.29, 1.82) is 0 Å². The van der Waals surface area contributed by atoms with Gasteiger partial charge in [-0.05, 0) is 29.8 Å². The van der Waals surface area contributed by atoms with Crippen molar-refractivity contribution >= 4 is 23.8 Å². The zero-order chi connectivity index (χ0) is 13.9. The SMILES string of the molecule is O=C(O)C=Cc1ccc2c(c1)C=C(n1ccnc1)CO2. The minimum atomic E-state index is -0.964. The summed E-state index contributed by atoms with van der Waals surface area (Å²) < 4.78 is 7.57. The minimum Gasteiger partial charge on any atom is -0.487 e. The third-order valence-corrected chi connectivity index (χ3v) is 2.99. The van der Waals surface area contributed by atoms with Gasteiger partial charge in [0.2, 0.25) is 0 Å². The third kappa shape index (κ3) is 2.47. The second kappa shape index (κ2) is 5.05. The maximum atomic E-state index is 10.5. The highest BCUT2D eigenvalue weighted by Crippen LogP contribution is 2.29. The summed E-state index contributed by atoms with van der Waals surface area (Å²) >= 11 is 0. The molecule has 1 aliphatic heterocycles. The summed E-state index contributed by atoms with van der Waals surface area (Å²) in [7, 11) is 0. The molecule has 20 heavy (non-hydrogen) atoms. The predicted molar refractivity (Wildman–Crippen MR) is 75.0 cm³/mol. The first kappa shape index (κ1) is 12.2. The highest BCUT2D eigenvalue weighted by atomic mass is 16.5. The van der Waals surface area contributed by atoms with Crippen LogP contribution in [0.15, 0.2) is 43.0 Å². The second-order valence-corrected chi connectivity index (χ2v) is 4.36. The van der Waals surface area contributed by atoms with Gasteiger partial charge >= 0.3 is 5.97 Å². The number of carboxylic acids is 1. The Hall–Kier alpha value is -2.82. The van der Waals surface area contributed by atoms with Crippen LogP contribution >= 0.6 is 0 Å². The summed E-state index contributed by atoms with van der Waals surface area (Å²) in [6.07, 6.45) is 9.97. The molecule has 2 heterocycles. The Morgan fingerprint density at radius 2 is 2.35 bits per heavy atom. The molecule has 1 N–H and O–H groups in total. The lowest BCUT2D eigenvalue weighted by Crippen LogP contribution is -2.10. The molecule has 0 bridgehead atoms. The number of imidazole rings is 1. The Labute approximate surface area is 115 Å². The van der Waals surface area contributed by atoms with Gasteiger partial charge in [0, 0.05) is 24.0 Å². The van der Waals surface area contributed by atoms with E-state index in [0.717, 1.165) is 28.6 Å². The van der Waals surface area contributed by atoms with Crippen molar-refractivity contribution in [1.82, 2.24) is 9.55 Å². The van der Waals surface area contributed by atoms with E-state index in [1.54, 1.807) is 18.6 Å². The van der Waals surface area contributed by atoms with E-state index in [4.69, 9.17) is 9.84 Å². The molecule has 0 aliphatic carbocycles. The van der Waals surface area contributed by atoms with E-state index in [9.17, 15) is 4.79 Å². The fourth-order valence-electron chi connectivity index (χ4n) is 2.03. The van der Waals surface area contributed by atoms with Crippen molar-refractivity contribution in [2.24, 2.45) is 0 Å². The van der Waals surface area contributed by atoms with E-state index < -0.39 is 5.97 Å². The molecule has 0 unspecified atom stereocenters. The molecular weight excluding hydrogens is 256 g/mol. The van der Waals surface area contributed by atoms with Crippen molar-refractivity contribution < 1.29 is 14.6 Å². The number of carbonyl (C=O) groups is 1. The van der Waals surface area contributed by atoms with E-state index in [1.807, 2.05) is 35.0 Å². The molecule has 2 aromatic rings. The topological polar surface area (TPSA) is 64.3 Å². The molecule has 0 atom stereocenters. The van der Waals surface area contributed by atoms with Crippen molar-refractivity contribution in [3.8, 4) is 5.75 Å². The lowest BCUT2D eigenvalue weighted by Gasteiger charge is -2.18. The number of carboxylic acid groups (broad SMARTS) is 1. The minimum absolute atomic E-state index is 0.480. The summed E-state index contributed by atoms with van der Waals surface area (Å²) in [5.41, 5.74) is 2.72. The van der Waals surface area contributed by atoms with Gasteiger partial charge in [0.15, 0.2) is 0 Å². The van der Waals surface area contributed by atoms with Gasteiger partial charge in [-0.25, -0.2) is 9.78 Å². The van der Waals surface area contributed by atoms with E-state index in [0.29, 0.717) is 6.61 Å². The van der Waals surface area contributed by atoms with Gasteiger partial charge in [0.1, 0.15) is 12.4 Å². The second-order valence-electron chi connectivity index (χ2n) is 4.36. The molecule has 1 aromatic carbocycles. The maximum absolute atomic E-state index is 10.5. The molecule has 0 fully saturated rings. The predicted octanol–water partition coefficient (Wildman–Crippen LogP) is 2.37. The van der Waals surface area contributed by atoms with Crippen molar-refractivity contribution in [2.45, 2.75) is 0 Å². The number of aromatic nitrogens is 2. The Morgan fingerprint density at radius 1 is 1.45 bits per heavy atom. The van der Waals surface area contributed by atoms with Gasteiger partial charge < -0.3 is 14.4 Å².